The topological polar surface area (TPSA) is 45.1 Å². The summed E-state index contributed by atoms with van der Waals surface area (Å²) in [5.41, 5.74) is 1.80. The lowest BCUT2D eigenvalue weighted by Crippen LogP contribution is -2.24. The zero-order valence-electron chi connectivity index (χ0n) is 11.3. The molecule has 3 aromatic rings. The van der Waals surface area contributed by atoms with Gasteiger partial charge in [-0.25, -0.2) is 0 Å². The predicted molar refractivity (Wildman–Crippen MR) is 87.7 cm³/mol. The van der Waals surface area contributed by atoms with Gasteiger partial charge in [0.05, 0.1) is 18.2 Å². The highest BCUT2D eigenvalue weighted by atomic mass is 35.5. The van der Waals surface area contributed by atoms with Gasteiger partial charge in [-0.3, -0.25) is 4.98 Å². The quantitative estimate of drug-likeness (QED) is 0.752. The first-order valence-corrected chi connectivity index (χ1v) is 7.95. The first-order valence-electron chi connectivity index (χ1n) is 6.69. The molecule has 3 nitrogen and oxygen atoms in total. The van der Waals surface area contributed by atoms with Crippen LogP contribution in [0.15, 0.2) is 48.0 Å². The minimum Gasteiger partial charge on any atom is -0.394 e. The van der Waals surface area contributed by atoms with Crippen molar-refractivity contribution in [2.24, 2.45) is 0 Å². The summed E-state index contributed by atoms with van der Waals surface area (Å²) in [6, 6.07) is 11.5. The normalized spacial score (nSPS) is 12.7. The second-order valence-electron chi connectivity index (χ2n) is 4.73. The van der Waals surface area contributed by atoms with E-state index in [1.165, 1.54) is 4.88 Å². The molecule has 2 aromatic heterocycles. The number of pyridine rings is 1. The van der Waals surface area contributed by atoms with Crippen LogP contribution in [0, 0.1) is 0 Å². The summed E-state index contributed by atoms with van der Waals surface area (Å²) in [6.07, 6.45) is 1.75. The highest BCUT2D eigenvalue weighted by Crippen LogP contribution is 2.28. The van der Waals surface area contributed by atoms with Crippen LogP contribution in [-0.4, -0.2) is 16.7 Å². The molecule has 0 fully saturated rings. The van der Waals surface area contributed by atoms with Crippen molar-refractivity contribution in [3.63, 3.8) is 0 Å². The Morgan fingerprint density at radius 3 is 2.90 bits per heavy atom. The molecule has 0 amide bonds. The van der Waals surface area contributed by atoms with Crippen LogP contribution in [0.1, 0.15) is 16.5 Å². The Balaban J connectivity index is 1.91. The summed E-state index contributed by atoms with van der Waals surface area (Å²) < 4.78 is 0. The van der Waals surface area contributed by atoms with Crippen molar-refractivity contribution in [2.45, 2.75) is 12.6 Å². The largest absolute Gasteiger partial charge is 0.394 e. The highest BCUT2D eigenvalue weighted by Gasteiger charge is 2.15. The molecule has 2 N–H and O–H groups in total. The summed E-state index contributed by atoms with van der Waals surface area (Å²) in [7, 11) is 0. The molecular formula is C16H15ClN2OS. The molecule has 0 saturated heterocycles. The highest BCUT2D eigenvalue weighted by molar-refractivity contribution is 7.09. The maximum absolute atomic E-state index is 9.72. The lowest BCUT2D eigenvalue weighted by atomic mass is 10.0. The predicted octanol–water partition coefficient (Wildman–Crippen LogP) is 3.77. The fourth-order valence-electron chi connectivity index (χ4n) is 2.35. The van der Waals surface area contributed by atoms with Gasteiger partial charge in [-0.2, -0.15) is 0 Å². The number of halogens is 1. The molecule has 0 aliphatic carbocycles. The minimum atomic E-state index is -0.165. The summed E-state index contributed by atoms with van der Waals surface area (Å²) in [6.45, 7) is 0.735. The molecule has 0 bridgehead atoms. The van der Waals surface area contributed by atoms with Crippen molar-refractivity contribution in [1.82, 2.24) is 10.3 Å². The molecule has 21 heavy (non-hydrogen) atoms. The summed E-state index contributed by atoms with van der Waals surface area (Å²) in [5, 5.41) is 16.7. The van der Waals surface area contributed by atoms with Crippen molar-refractivity contribution in [2.75, 3.05) is 6.61 Å². The Morgan fingerprint density at radius 2 is 2.14 bits per heavy atom. The van der Waals surface area contributed by atoms with Gasteiger partial charge in [-0.15, -0.1) is 11.3 Å². The van der Waals surface area contributed by atoms with Crippen molar-refractivity contribution in [3.05, 3.63) is 63.4 Å². The number of nitrogens with one attached hydrogen (secondary N) is 1. The molecule has 1 unspecified atom stereocenters. The third kappa shape index (κ3) is 3.09. The van der Waals surface area contributed by atoms with Crippen LogP contribution in [0.5, 0.6) is 0 Å². The Morgan fingerprint density at radius 1 is 1.24 bits per heavy atom. The van der Waals surface area contributed by atoms with Gasteiger partial charge in [-0.1, -0.05) is 23.7 Å². The van der Waals surface area contributed by atoms with Gasteiger partial charge in [0.15, 0.2) is 0 Å². The molecule has 1 aromatic carbocycles. The van der Waals surface area contributed by atoms with E-state index >= 15 is 0 Å². The number of fused-ring (bicyclic) bond motifs is 1. The van der Waals surface area contributed by atoms with E-state index in [0.29, 0.717) is 5.02 Å². The van der Waals surface area contributed by atoms with Crippen molar-refractivity contribution in [3.8, 4) is 0 Å². The second kappa shape index (κ2) is 6.54. The Kier molecular flexibility index (Phi) is 4.51. The molecule has 0 spiro atoms. The molecule has 2 heterocycles. The van der Waals surface area contributed by atoms with E-state index in [0.717, 1.165) is 23.0 Å². The number of aromatic nitrogens is 1. The first-order chi connectivity index (χ1) is 10.3. The van der Waals surface area contributed by atoms with Gasteiger partial charge in [0.2, 0.25) is 0 Å². The molecule has 0 saturated carbocycles. The Labute approximate surface area is 132 Å². The van der Waals surface area contributed by atoms with E-state index < -0.39 is 0 Å². The zero-order valence-corrected chi connectivity index (χ0v) is 12.9. The summed E-state index contributed by atoms with van der Waals surface area (Å²) in [4.78, 5) is 5.66. The smallest absolute Gasteiger partial charge is 0.0765 e. The Bertz CT molecular complexity index is 730. The molecular weight excluding hydrogens is 304 g/mol. The lowest BCUT2D eigenvalue weighted by molar-refractivity contribution is 0.244. The summed E-state index contributed by atoms with van der Waals surface area (Å²) >= 11 is 7.91. The van der Waals surface area contributed by atoms with E-state index in [1.54, 1.807) is 17.5 Å². The number of benzene rings is 1. The van der Waals surface area contributed by atoms with Crippen LogP contribution in [-0.2, 0) is 6.54 Å². The second-order valence-corrected chi connectivity index (χ2v) is 6.17. The SMILES string of the molecule is OCC(NCc1cccs1)c1ccc(Cl)c2cccnc12. The maximum atomic E-state index is 9.72. The van der Waals surface area contributed by atoms with Gasteiger partial charge < -0.3 is 10.4 Å². The van der Waals surface area contributed by atoms with E-state index in [-0.39, 0.29) is 12.6 Å². The lowest BCUT2D eigenvalue weighted by Gasteiger charge is -2.18. The minimum absolute atomic E-state index is 0.0126. The van der Waals surface area contributed by atoms with Crippen LogP contribution >= 0.6 is 22.9 Å². The standard InChI is InChI=1S/C16H15ClN2OS/c17-14-6-5-13(16-12(14)4-1-7-18-16)15(10-20)19-9-11-3-2-8-21-11/h1-8,15,19-20H,9-10H2. The molecule has 5 heteroatoms. The van der Waals surface area contributed by atoms with E-state index in [1.807, 2.05) is 35.7 Å². The number of rotatable bonds is 5. The van der Waals surface area contributed by atoms with Crippen LogP contribution in [0.3, 0.4) is 0 Å². The molecule has 108 valence electrons. The number of aliphatic hydroxyl groups is 1. The van der Waals surface area contributed by atoms with Gasteiger partial charge in [0.25, 0.3) is 0 Å². The van der Waals surface area contributed by atoms with Gasteiger partial charge in [0.1, 0.15) is 0 Å². The third-order valence-electron chi connectivity index (χ3n) is 3.41. The number of thiophene rings is 1. The average Bonchev–Trinajstić information content (AvgIpc) is 3.03. The number of aliphatic hydroxyl groups excluding tert-OH is 1. The molecule has 0 aliphatic rings. The third-order valence-corrected chi connectivity index (χ3v) is 4.61. The monoisotopic (exact) mass is 318 g/mol. The number of hydrogen-bond donors (Lipinski definition) is 2. The molecule has 3 rings (SSSR count). The molecule has 0 radical (unpaired) electrons. The average molecular weight is 319 g/mol. The van der Waals surface area contributed by atoms with E-state index in [2.05, 4.69) is 16.4 Å². The maximum Gasteiger partial charge on any atom is 0.0765 e. The van der Waals surface area contributed by atoms with Crippen LogP contribution in [0.2, 0.25) is 5.02 Å². The van der Waals surface area contributed by atoms with E-state index in [9.17, 15) is 5.11 Å². The molecule has 1 atom stereocenters. The van der Waals surface area contributed by atoms with Crippen molar-refractivity contribution >= 4 is 33.8 Å². The number of nitrogens with zero attached hydrogens (tertiary/aromatic N) is 1. The van der Waals surface area contributed by atoms with Crippen molar-refractivity contribution < 1.29 is 5.11 Å². The van der Waals surface area contributed by atoms with Gasteiger partial charge in [-0.05, 0) is 35.2 Å². The fourth-order valence-corrected chi connectivity index (χ4v) is 3.22. The fraction of sp³-hybridized carbons (Fsp3) is 0.188. The molecule has 0 aliphatic heterocycles. The van der Waals surface area contributed by atoms with E-state index in [4.69, 9.17) is 11.6 Å². The van der Waals surface area contributed by atoms with Crippen LogP contribution < -0.4 is 5.32 Å². The Hall–Kier alpha value is -1.46. The number of hydrogen-bond acceptors (Lipinski definition) is 4. The van der Waals surface area contributed by atoms with Gasteiger partial charge in [0, 0.05) is 28.0 Å². The van der Waals surface area contributed by atoms with Crippen LogP contribution in [0.25, 0.3) is 10.9 Å². The van der Waals surface area contributed by atoms with Crippen LogP contribution in [0.4, 0.5) is 0 Å². The zero-order chi connectivity index (χ0) is 14.7. The van der Waals surface area contributed by atoms with Gasteiger partial charge >= 0.3 is 0 Å². The van der Waals surface area contributed by atoms with Crippen molar-refractivity contribution in [1.29, 1.82) is 0 Å². The summed E-state index contributed by atoms with van der Waals surface area (Å²) in [5.74, 6) is 0. The first kappa shape index (κ1) is 14.5.